The SMILES string of the molecule is Cn1c(-c2ccccc2)nc2cc(-c3ccc(-c4ccc5c6c(cccc46)-c4ccccc4O5)c4ccccc34)ccc21. The molecule has 1 aromatic heterocycles. The van der Waals surface area contributed by atoms with Crippen LogP contribution in [-0.4, -0.2) is 9.55 Å². The predicted molar refractivity (Wildman–Crippen MR) is 178 cm³/mol. The van der Waals surface area contributed by atoms with Gasteiger partial charge in [-0.15, -0.1) is 0 Å². The third kappa shape index (κ3) is 3.58. The summed E-state index contributed by atoms with van der Waals surface area (Å²) in [7, 11) is 2.09. The molecule has 2 heterocycles. The lowest BCUT2D eigenvalue weighted by atomic mass is 9.87. The Morgan fingerprint density at radius 1 is 0.488 bits per heavy atom. The third-order valence-corrected chi connectivity index (χ3v) is 8.84. The minimum absolute atomic E-state index is 0.908. The third-order valence-electron chi connectivity index (χ3n) is 8.84. The zero-order chi connectivity index (χ0) is 28.5. The van der Waals surface area contributed by atoms with Crippen molar-refractivity contribution in [2.75, 3.05) is 0 Å². The van der Waals surface area contributed by atoms with Crippen LogP contribution in [0.3, 0.4) is 0 Å². The molecule has 0 unspecified atom stereocenters. The van der Waals surface area contributed by atoms with E-state index in [1.165, 1.54) is 43.8 Å². The molecule has 0 saturated heterocycles. The molecule has 3 nitrogen and oxygen atoms in total. The number of benzene rings is 7. The maximum absolute atomic E-state index is 6.37. The molecular formula is C40H26N2O. The maximum Gasteiger partial charge on any atom is 0.140 e. The summed E-state index contributed by atoms with van der Waals surface area (Å²) in [6.07, 6.45) is 0. The number of rotatable bonds is 3. The van der Waals surface area contributed by atoms with Crippen LogP contribution in [0.1, 0.15) is 0 Å². The van der Waals surface area contributed by atoms with Crippen molar-refractivity contribution in [2.24, 2.45) is 7.05 Å². The van der Waals surface area contributed by atoms with Crippen molar-refractivity contribution in [3.8, 4) is 56.3 Å². The molecule has 0 saturated carbocycles. The molecule has 0 amide bonds. The number of para-hydroxylation sites is 1. The molecule has 0 radical (unpaired) electrons. The van der Waals surface area contributed by atoms with E-state index in [4.69, 9.17) is 9.72 Å². The van der Waals surface area contributed by atoms with Crippen LogP contribution in [0, 0.1) is 0 Å². The molecule has 0 fully saturated rings. The van der Waals surface area contributed by atoms with Crippen LogP contribution in [0.15, 0.2) is 140 Å². The summed E-state index contributed by atoms with van der Waals surface area (Å²) in [6.45, 7) is 0. The Labute approximate surface area is 249 Å². The maximum atomic E-state index is 6.37. The van der Waals surface area contributed by atoms with Gasteiger partial charge in [-0.05, 0) is 68.2 Å². The van der Waals surface area contributed by atoms with Crippen molar-refractivity contribution in [1.29, 1.82) is 0 Å². The van der Waals surface area contributed by atoms with E-state index in [2.05, 4.69) is 133 Å². The average Bonchev–Trinajstić information content (AvgIpc) is 3.40. The second-order valence-electron chi connectivity index (χ2n) is 11.2. The van der Waals surface area contributed by atoms with Crippen LogP contribution in [0.5, 0.6) is 11.5 Å². The summed E-state index contributed by atoms with van der Waals surface area (Å²) in [5.41, 5.74) is 10.4. The highest BCUT2D eigenvalue weighted by molar-refractivity contribution is 6.14. The molecule has 0 atom stereocenters. The molecule has 0 spiro atoms. The summed E-state index contributed by atoms with van der Waals surface area (Å²) < 4.78 is 8.55. The monoisotopic (exact) mass is 550 g/mol. The van der Waals surface area contributed by atoms with Gasteiger partial charge in [0.05, 0.1) is 11.0 Å². The van der Waals surface area contributed by atoms with E-state index in [0.29, 0.717) is 0 Å². The molecule has 3 heteroatoms. The van der Waals surface area contributed by atoms with Gasteiger partial charge >= 0.3 is 0 Å². The molecule has 7 aromatic carbocycles. The Morgan fingerprint density at radius 2 is 1.16 bits per heavy atom. The normalized spacial score (nSPS) is 12.0. The molecule has 0 bridgehead atoms. The van der Waals surface area contributed by atoms with Gasteiger partial charge < -0.3 is 9.30 Å². The standard InChI is InChI=1S/C40H26N2O/c1-42-36-22-18-26(24-35(36)41-40(42)25-10-3-2-4-11-25)27-19-20-30(29-13-6-5-12-28(27)29)31-21-23-38-39-33(31)15-9-16-34(39)32-14-7-8-17-37(32)43-38/h2-24H,1H3. The van der Waals surface area contributed by atoms with E-state index < -0.39 is 0 Å². The number of nitrogens with zero attached hydrogens (tertiary/aromatic N) is 2. The van der Waals surface area contributed by atoms with Gasteiger partial charge in [0.2, 0.25) is 0 Å². The van der Waals surface area contributed by atoms with Crippen LogP contribution < -0.4 is 4.74 Å². The van der Waals surface area contributed by atoms with Gasteiger partial charge in [-0.3, -0.25) is 0 Å². The van der Waals surface area contributed by atoms with Crippen molar-refractivity contribution < 1.29 is 4.74 Å². The summed E-state index contributed by atoms with van der Waals surface area (Å²) in [4.78, 5) is 5.05. The van der Waals surface area contributed by atoms with Crippen LogP contribution in [0.25, 0.3) is 77.3 Å². The topological polar surface area (TPSA) is 27.1 Å². The minimum atomic E-state index is 0.908. The first-order valence-electron chi connectivity index (χ1n) is 14.6. The Kier molecular flexibility index (Phi) is 5.11. The van der Waals surface area contributed by atoms with Crippen LogP contribution >= 0.6 is 0 Å². The second kappa shape index (κ2) is 9.17. The van der Waals surface area contributed by atoms with Crippen molar-refractivity contribution in [2.45, 2.75) is 0 Å². The van der Waals surface area contributed by atoms with Crippen LogP contribution in [-0.2, 0) is 7.05 Å². The fourth-order valence-corrected chi connectivity index (χ4v) is 6.81. The second-order valence-corrected chi connectivity index (χ2v) is 11.2. The highest BCUT2D eigenvalue weighted by Crippen LogP contribution is 2.49. The number of fused-ring (bicyclic) bond motifs is 4. The molecular weight excluding hydrogens is 524 g/mol. The molecule has 1 aliphatic heterocycles. The Bertz CT molecular complexity index is 2380. The Hall–Kier alpha value is -5.67. The number of hydrogen-bond donors (Lipinski definition) is 0. The first-order valence-corrected chi connectivity index (χ1v) is 14.6. The highest BCUT2D eigenvalue weighted by atomic mass is 16.5. The number of hydrogen-bond acceptors (Lipinski definition) is 2. The van der Waals surface area contributed by atoms with Crippen LogP contribution in [0.2, 0.25) is 0 Å². The summed E-state index contributed by atoms with van der Waals surface area (Å²) in [6, 6.07) is 49.5. The molecule has 0 N–H and O–H groups in total. The first-order chi connectivity index (χ1) is 21.2. The van der Waals surface area contributed by atoms with E-state index in [0.717, 1.165) is 45.0 Å². The fourth-order valence-electron chi connectivity index (χ4n) is 6.81. The van der Waals surface area contributed by atoms with Crippen molar-refractivity contribution in [3.63, 3.8) is 0 Å². The Balaban J connectivity index is 1.22. The predicted octanol–water partition coefficient (Wildman–Crippen LogP) is 10.7. The summed E-state index contributed by atoms with van der Waals surface area (Å²) >= 11 is 0. The van der Waals surface area contributed by atoms with Gasteiger partial charge in [-0.2, -0.15) is 0 Å². The average molecular weight is 551 g/mol. The van der Waals surface area contributed by atoms with E-state index >= 15 is 0 Å². The van der Waals surface area contributed by atoms with Gasteiger partial charge in [0.1, 0.15) is 17.3 Å². The largest absolute Gasteiger partial charge is 0.456 e. The molecule has 43 heavy (non-hydrogen) atoms. The summed E-state index contributed by atoms with van der Waals surface area (Å²) in [5, 5.41) is 4.82. The molecule has 8 aromatic rings. The lowest BCUT2D eigenvalue weighted by Crippen LogP contribution is -1.97. The molecule has 0 aliphatic carbocycles. The van der Waals surface area contributed by atoms with Crippen molar-refractivity contribution in [3.05, 3.63) is 140 Å². The molecule has 9 rings (SSSR count). The lowest BCUT2D eigenvalue weighted by Gasteiger charge is -2.23. The minimum Gasteiger partial charge on any atom is -0.456 e. The van der Waals surface area contributed by atoms with Gasteiger partial charge in [-0.1, -0.05) is 115 Å². The van der Waals surface area contributed by atoms with Crippen molar-refractivity contribution in [1.82, 2.24) is 9.55 Å². The summed E-state index contributed by atoms with van der Waals surface area (Å²) in [5.74, 6) is 2.79. The quantitative estimate of drug-likeness (QED) is 0.219. The van der Waals surface area contributed by atoms with Crippen molar-refractivity contribution >= 4 is 32.6 Å². The molecule has 1 aliphatic rings. The lowest BCUT2D eigenvalue weighted by molar-refractivity contribution is 0.487. The number of ether oxygens (including phenoxy) is 1. The van der Waals surface area contributed by atoms with Gasteiger partial charge in [0, 0.05) is 23.6 Å². The number of imidazole rings is 1. The van der Waals surface area contributed by atoms with E-state index in [1.807, 2.05) is 18.2 Å². The fraction of sp³-hybridized carbons (Fsp3) is 0.0250. The number of aromatic nitrogens is 2. The zero-order valence-corrected chi connectivity index (χ0v) is 23.6. The first kappa shape index (κ1) is 24.0. The zero-order valence-electron chi connectivity index (χ0n) is 23.6. The Morgan fingerprint density at radius 3 is 2.05 bits per heavy atom. The van der Waals surface area contributed by atoms with E-state index in [-0.39, 0.29) is 0 Å². The van der Waals surface area contributed by atoms with Crippen LogP contribution in [0.4, 0.5) is 0 Å². The smallest absolute Gasteiger partial charge is 0.140 e. The van der Waals surface area contributed by atoms with Gasteiger partial charge in [-0.25, -0.2) is 4.98 Å². The van der Waals surface area contributed by atoms with E-state index in [1.54, 1.807) is 0 Å². The highest BCUT2D eigenvalue weighted by Gasteiger charge is 2.22. The van der Waals surface area contributed by atoms with Gasteiger partial charge in [0.15, 0.2) is 0 Å². The van der Waals surface area contributed by atoms with Gasteiger partial charge in [0.25, 0.3) is 0 Å². The number of aryl methyl sites for hydroxylation is 1. The van der Waals surface area contributed by atoms with E-state index in [9.17, 15) is 0 Å². The molecule has 202 valence electrons.